The van der Waals surface area contributed by atoms with Crippen LogP contribution in [0.2, 0.25) is 0 Å². The molecule has 19 heavy (non-hydrogen) atoms. The summed E-state index contributed by atoms with van der Waals surface area (Å²) in [6.07, 6.45) is -0.972. The average Bonchev–Trinajstić information content (AvgIpc) is 2.89. The summed E-state index contributed by atoms with van der Waals surface area (Å²) >= 11 is 0. The Morgan fingerprint density at radius 1 is 1.37 bits per heavy atom. The van der Waals surface area contributed by atoms with Crippen LogP contribution in [0.4, 0.5) is 5.69 Å². The highest BCUT2D eigenvalue weighted by Crippen LogP contribution is 2.21. The van der Waals surface area contributed by atoms with Crippen LogP contribution >= 0.6 is 0 Å². The van der Waals surface area contributed by atoms with Crippen LogP contribution in [0.15, 0.2) is 24.3 Å². The molecule has 1 amide bonds. The lowest BCUT2D eigenvalue weighted by Gasteiger charge is -2.11. The number of nitrogens with one attached hydrogen (secondary N) is 1. The van der Waals surface area contributed by atoms with Crippen molar-refractivity contribution in [3.05, 3.63) is 29.8 Å². The number of carbonyl (C=O) groups is 2. The van der Waals surface area contributed by atoms with Gasteiger partial charge in [0.15, 0.2) is 6.10 Å². The molecule has 1 saturated heterocycles. The maximum atomic E-state index is 11.9. The summed E-state index contributed by atoms with van der Waals surface area (Å²) in [5.41, 5.74) is 0.931. The molecule has 0 spiro atoms. The van der Waals surface area contributed by atoms with E-state index >= 15 is 0 Å². The first-order chi connectivity index (χ1) is 9.10. The zero-order valence-corrected chi connectivity index (χ0v) is 10.00. The maximum absolute atomic E-state index is 11.9. The number of carboxylic acid groups (broad SMARTS) is 1. The minimum absolute atomic E-state index is 0.325. The van der Waals surface area contributed by atoms with Crippen LogP contribution < -0.4 is 5.32 Å². The number of nitrogens with zero attached hydrogens (tertiary/aromatic N) is 1. The first-order valence-corrected chi connectivity index (χ1v) is 5.79. The smallest absolute Gasteiger partial charge is 0.332 e. The summed E-state index contributed by atoms with van der Waals surface area (Å²) in [5.74, 6) is -1.44. The number of carbonyl (C=O) groups excluding carboxylic acids is 1. The van der Waals surface area contributed by atoms with Gasteiger partial charge in [0.1, 0.15) is 6.10 Å². The lowest BCUT2D eigenvalue weighted by Crippen LogP contribution is -2.29. The van der Waals surface area contributed by atoms with Crippen LogP contribution in [0, 0.1) is 11.3 Å². The molecule has 1 aliphatic rings. The van der Waals surface area contributed by atoms with Gasteiger partial charge in [-0.25, -0.2) is 4.79 Å². The van der Waals surface area contributed by atoms with Gasteiger partial charge in [-0.05, 0) is 31.0 Å². The van der Waals surface area contributed by atoms with Crippen LogP contribution in [0.3, 0.4) is 0 Å². The maximum Gasteiger partial charge on any atom is 0.332 e. The second kappa shape index (κ2) is 5.50. The van der Waals surface area contributed by atoms with Gasteiger partial charge < -0.3 is 15.2 Å². The molecule has 2 rings (SSSR count). The number of rotatable bonds is 3. The second-order valence-electron chi connectivity index (χ2n) is 4.21. The second-order valence-corrected chi connectivity index (χ2v) is 4.21. The van der Waals surface area contributed by atoms with Crippen molar-refractivity contribution >= 4 is 17.6 Å². The molecular formula is C13H12N2O4. The van der Waals surface area contributed by atoms with E-state index < -0.39 is 18.2 Å². The summed E-state index contributed by atoms with van der Waals surface area (Å²) in [5, 5.41) is 20.1. The van der Waals surface area contributed by atoms with Crippen molar-refractivity contribution in [2.24, 2.45) is 0 Å². The lowest BCUT2D eigenvalue weighted by molar-refractivity contribution is -0.150. The molecule has 1 heterocycles. The van der Waals surface area contributed by atoms with Gasteiger partial charge in [-0.1, -0.05) is 6.07 Å². The van der Waals surface area contributed by atoms with E-state index in [-0.39, 0.29) is 5.91 Å². The van der Waals surface area contributed by atoms with Gasteiger partial charge in [0.2, 0.25) is 0 Å². The van der Waals surface area contributed by atoms with Gasteiger partial charge in [-0.3, -0.25) is 4.79 Å². The Bertz CT molecular complexity index is 550. The van der Waals surface area contributed by atoms with Crippen molar-refractivity contribution < 1.29 is 19.4 Å². The summed E-state index contributed by atoms with van der Waals surface area (Å²) < 4.78 is 5.14. The van der Waals surface area contributed by atoms with Gasteiger partial charge in [0, 0.05) is 5.69 Å². The van der Waals surface area contributed by atoms with E-state index in [9.17, 15) is 9.59 Å². The highest BCUT2D eigenvalue weighted by molar-refractivity contribution is 5.94. The Morgan fingerprint density at radius 2 is 2.11 bits per heavy atom. The molecule has 98 valence electrons. The van der Waals surface area contributed by atoms with Crippen molar-refractivity contribution in [3.8, 4) is 6.07 Å². The predicted octanol–water partition coefficient (Wildman–Crippen LogP) is 1.13. The van der Waals surface area contributed by atoms with Gasteiger partial charge >= 0.3 is 5.97 Å². The van der Waals surface area contributed by atoms with E-state index in [0.717, 1.165) is 0 Å². The topological polar surface area (TPSA) is 99.4 Å². The lowest BCUT2D eigenvalue weighted by atomic mass is 10.1. The van der Waals surface area contributed by atoms with Crippen LogP contribution in [0.25, 0.3) is 0 Å². The fourth-order valence-electron chi connectivity index (χ4n) is 1.90. The normalized spacial score (nSPS) is 21.6. The van der Waals surface area contributed by atoms with Gasteiger partial charge in [-0.15, -0.1) is 0 Å². The van der Waals surface area contributed by atoms with E-state index in [1.54, 1.807) is 24.3 Å². The molecule has 1 fully saturated rings. The molecule has 0 radical (unpaired) electrons. The third-order valence-corrected chi connectivity index (χ3v) is 2.85. The number of carboxylic acids is 1. The molecule has 0 aliphatic carbocycles. The standard InChI is InChI=1S/C13H12N2O4/c14-7-8-2-1-3-9(6-8)15-12(16)10-4-5-11(19-10)13(17)18/h1-3,6,10-11H,4-5H2,(H,15,16)(H,17,18). The summed E-state index contributed by atoms with van der Waals surface area (Å²) in [7, 11) is 0. The number of aliphatic carboxylic acids is 1. The third kappa shape index (κ3) is 3.09. The van der Waals surface area contributed by atoms with Crippen LogP contribution in [0.5, 0.6) is 0 Å². The molecule has 2 N–H and O–H groups in total. The van der Waals surface area contributed by atoms with E-state index in [1.807, 2.05) is 6.07 Å². The molecule has 0 saturated carbocycles. The highest BCUT2D eigenvalue weighted by atomic mass is 16.5. The quantitative estimate of drug-likeness (QED) is 0.848. The predicted molar refractivity (Wildman–Crippen MR) is 65.3 cm³/mol. The molecule has 0 bridgehead atoms. The summed E-state index contributed by atoms with van der Waals surface area (Å²) in [6.45, 7) is 0. The molecule has 1 aliphatic heterocycles. The molecule has 6 heteroatoms. The Morgan fingerprint density at radius 3 is 2.74 bits per heavy atom. The summed E-state index contributed by atoms with van der Waals surface area (Å²) in [4.78, 5) is 22.6. The van der Waals surface area contributed by atoms with Crippen LogP contribution in [-0.4, -0.2) is 29.2 Å². The fourth-order valence-corrected chi connectivity index (χ4v) is 1.90. The third-order valence-electron chi connectivity index (χ3n) is 2.85. The Balaban J connectivity index is 1.98. The minimum atomic E-state index is -1.05. The average molecular weight is 260 g/mol. The van der Waals surface area contributed by atoms with Gasteiger partial charge in [-0.2, -0.15) is 5.26 Å². The Labute approximate surface area is 109 Å². The minimum Gasteiger partial charge on any atom is -0.479 e. The van der Waals surface area contributed by atoms with E-state index in [2.05, 4.69) is 5.32 Å². The Kier molecular flexibility index (Phi) is 3.78. The van der Waals surface area contributed by atoms with Gasteiger partial charge in [0.05, 0.1) is 11.6 Å². The number of nitriles is 1. The number of ether oxygens (including phenoxy) is 1. The van der Waals surface area contributed by atoms with E-state index in [0.29, 0.717) is 24.1 Å². The van der Waals surface area contributed by atoms with E-state index in [4.69, 9.17) is 15.1 Å². The number of amides is 1. The zero-order chi connectivity index (χ0) is 13.8. The molecule has 2 atom stereocenters. The van der Waals surface area contributed by atoms with Crippen molar-refractivity contribution in [1.82, 2.24) is 0 Å². The van der Waals surface area contributed by atoms with Crippen molar-refractivity contribution in [2.75, 3.05) is 5.32 Å². The van der Waals surface area contributed by atoms with Gasteiger partial charge in [0.25, 0.3) is 5.91 Å². The number of benzene rings is 1. The number of hydrogen-bond donors (Lipinski definition) is 2. The van der Waals surface area contributed by atoms with Crippen molar-refractivity contribution in [1.29, 1.82) is 5.26 Å². The van der Waals surface area contributed by atoms with Crippen molar-refractivity contribution in [2.45, 2.75) is 25.0 Å². The number of anilines is 1. The molecule has 6 nitrogen and oxygen atoms in total. The molecule has 1 aromatic rings. The molecule has 0 aromatic heterocycles. The molecular weight excluding hydrogens is 248 g/mol. The zero-order valence-electron chi connectivity index (χ0n) is 10.00. The largest absolute Gasteiger partial charge is 0.479 e. The molecule has 2 unspecified atom stereocenters. The number of hydrogen-bond acceptors (Lipinski definition) is 4. The van der Waals surface area contributed by atoms with Crippen LogP contribution in [-0.2, 0) is 14.3 Å². The molecule has 1 aromatic carbocycles. The van der Waals surface area contributed by atoms with Crippen molar-refractivity contribution in [3.63, 3.8) is 0 Å². The first kappa shape index (κ1) is 13.1. The fraction of sp³-hybridized carbons (Fsp3) is 0.308. The highest BCUT2D eigenvalue weighted by Gasteiger charge is 2.34. The summed E-state index contributed by atoms with van der Waals surface area (Å²) in [6, 6.07) is 8.45. The monoisotopic (exact) mass is 260 g/mol. The van der Waals surface area contributed by atoms with E-state index in [1.165, 1.54) is 0 Å². The van der Waals surface area contributed by atoms with Crippen LogP contribution in [0.1, 0.15) is 18.4 Å². The first-order valence-electron chi connectivity index (χ1n) is 5.79. The Hall–Kier alpha value is -2.39. The SMILES string of the molecule is N#Cc1cccc(NC(=O)C2CCC(C(=O)O)O2)c1.